The Morgan fingerprint density at radius 1 is 0.914 bits per heavy atom. The summed E-state index contributed by atoms with van der Waals surface area (Å²) in [6.45, 7) is 7.46. The number of aromatic nitrogens is 1. The summed E-state index contributed by atoms with van der Waals surface area (Å²) in [6, 6.07) is 23.4. The number of hydrogen-bond donors (Lipinski definition) is 1. The molecule has 0 spiro atoms. The van der Waals surface area contributed by atoms with E-state index < -0.39 is 6.10 Å². The third-order valence-corrected chi connectivity index (χ3v) is 5.86. The van der Waals surface area contributed by atoms with E-state index >= 15 is 0 Å². The van der Waals surface area contributed by atoms with E-state index in [0.29, 0.717) is 19.6 Å². The Labute approximate surface area is 206 Å². The van der Waals surface area contributed by atoms with Gasteiger partial charge in [0.2, 0.25) is 5.88 Å². The number of aliphatic hydroxyl groups is 1. The average Bonchev–Trinajstić information content (AvgIpc) is 3.55. The van der Waals surface area contributed by atoms with Crippen LogP contribution in [0.5, 0.6) is 5.75 Å². The molecule has 1 unspecified atom stereocenters. The third kappa shape index (κ3) is 6.53. The Morgan fingerprint density at radius 3 is 2.29 bits per heavy atom. The highest BCUT2D eigenvalue weighted by molar-refractivity contribution is 5.68. The zero-order valence-electron chi connectivity index (χ0n) is 20.3. The predicted octanol–water partition coefficient (Wildman–Crippen LogP) is 5.22. The van der Waals surface area contributed by atoms with Crippen LogP contribution in [0.3, 0.4) is 0 Å². The van der Waals surface area contributed by atoms with Crippen molar-refractivity contribution < 1.29 is 18.8 Å². The molecule has 0 radical (unpaired) electrons. The van der Waals surface area contributed by atoms with Crippen molar-refractivity contribution in [2.45, 2.75) is 33.0 Å². The highest BCUT2D eigenvalue weighted by Gasteiger charge is 2.25. The molecule has 0 saturated heterocycles. The number of nitrogens with zero attached hydrogens (tertiary/aromatic N) is 3. The van der Waals surface area contributed by atoms with E-state index in [1.807, 2.05) is 72.8 Å². The fraction of sp³-hybridized carbons (Fsp3) is 0.321. The van der Waals surface area contributed by atoms with Crippen LogP contribution in [-0.2, 0) is 13.1 Å². The standard InChI is InChI=1S/C28H33N3O4/c1-3-31(4-2)28-26(27(29-35-28)22-12-7-5-8-13-22)20-30(19-25-16-11-17-33-25)18-23(32)21-34-24-14-9-6-10-15-24/h5-17,23,32H,3-4,18-21H2,1-2H3. The molecule has 4 rings (SSSR count). The lowest BCUT2D eigenvalue weighted by Gasteiger charge is -2.26. The Morgan fingerprint density at radius 2 is 1.63 bits per heavy atom. The smallest absolute Gasteiger partial charge is 0.232 e. The van der Waals surface area contributed by atoms with Gasteiger partial charge in [-0.05, 0) is 38.1 Å². The molecule has 1 atom stereocenters. The van der Waals surface area contributed by atoms with E-state index in [0.717, 1.165) is 47.3 Å². The zero-order valence-corrected chi connectivity index (χ0v) is 20.3. The van der Waals surface area contributed by atoms with E-state index in [-0.39, 0.29) is 6.61 Å². The lowest BCUT2D eigenvalue weighted by atomic mass is 10.1. The highest BCUT2D eigenvalue weighted by Crippen LogP contribution is 2.33. The number of hydrogen-bond acceptors (Lipinski definition) is 7. The highest BCUT2D eigenvalue weighted by atomic mass is 16.5. The Hall–Kier alpha value is -3.55. The van der Waals surface area contributed by atoms with Crippen LogP contribution in [0.25, 0.3) is 11.3 Å². The van der Waals surface area contributed by atoms with Crippen molar-refractivity contribution >= 4 is 5.88 Å². The second-order valence-corrected chi connectivity index (χ2v) is 8.38. The van der Waals surface area contributed by atoms with Crippen molar-refractivity contribution in [1.29, 1.82) is 0 Å². The Bertz CT molecular complexity index is 1130. The molecule has 7 heteroatoms. The first-order valence-electron chi connectivity index (χ1n) is 12.1. The predicted molar refractivity (Wildman–Crippen MR) is 136 cm³/mol. The minimum absolute atomic E-state index is 0.191. The summed E-state index contributed by atoms with van der Waals surface area (Å²) in [5.41, 5.74) is 2.80. The first-order valence-corrected chi connectivity index (χ1v) is 12.1. The second-order valence-electron chi connectivity index (χ2n) is 8.38. The van der Waals surface area contributed by atoms with Gasteiger partial charge in [0.15, 0.2) is 0 Å². The molecule has 7 nitrogen and oxygen atoms in total. The molecular weight excluding hydrogens is 442 g/mol. The molecule has 2 heterocycles. The van der Waals surface area contributed by atoms with Gasteiger partial charge in [-0.1, -0.05) is 53.7 Å². The lowest BCUT2D eigenvalue weighted by Crippen LogP contribution is -2.35. The summed E-state index contributed by atoms with van der Waals surface area (Å²) >= 11 is 0. The minimum atomic E-state index is -0.692. The van der Waals surface area contributed by atoms with Gasteiger partial charge < -0.3 is 23.7 Å². The largest absolute Gasteiger partial charge is 0.491 e. The first-order chi connectivity index (χ1) is 17.2. The number of para-hydroxylation sites is 1. The van der Waals surface area contributed by atoms with Gasteiger partial charge in [-0.15, -0.1) is 0 Å². The molecule has 0 aliphatic heterocycles. The van der Waals surface area contributed by atoms with Crippen LogP contribution < -0.4 is 9.64 Å². The van der Waals surface area contributed by atoms with E-state index in [9.17, 15) is 5.11 Å². The summed E-state index contributed by atoms with van der Waals surface area (Å²) in [4.78, 5) is 4.30. The summed E-state index contributed by atoms with van der Waals surface area (Å²) in [5, 5.41) is 15.3. The minimum Gasteiger partial charge on any atom is -0.491 e. The molecule has 184 valence electrons. The molecule has 2 aromatic heterocycles. The quantitative estimate of drug-likeness (QED) is 0.284. The topological polar surface area (TPSA) is 75.1 Å². The van der Waals surface area contributed by atoms with Gasteiger partial charge in [0, 0.05) is 31.7 Å². The van der Waals surface area contributed by atoms with E-state index in [1.165, 1.54) is 0 Å². The lowest BCUT2D eigenvalue weighted by molar-refractivity contribution is 0.0605. The number of furan rings is 1. The number of benzene rings is 2. The van der Waals surface area contributed by atoms with Crippen molar-refractivity contribution in [2.75, 3.05) is 31.1 Å². The summed E-state index contributed by atoms with van der Waals surface area (Å²) < 4.78 is 17.3. The van der Waals surface area contributed by atoms with Crippen LogP contribution in [0.15, 0.2) is 88.0 Å². The molecule has 2 aromatic carbocycles. The Kier molecular flexibility index (Phi) is 8.59. The maximum Gasteiger partial charge on any atom is 0.232 e. The van der Waals surface area contributed by atoms with Crippen LogP contribution in [-0.4, -0.2) is 47.5 Å². The molecule has 1 N–H and O–H groups in total. The molecule has 35 heavy (non-hydrogen) atoms. The van der Waals surface area contributed by atoms with Gasteiger partial charge in [-0.2, -0.15) is 0 Å². The molecule has 0 saturated carbocycles. The second kappa shape index (κ2) is 12.2. The van der Waals surface area contributed by atoms with Crippen molar-refractivity contribution in [1.82, 2.24) is 10.1 Å². The van der Waals surface area contributed by atoms with E-state index in [2.05, 4.69) is 28.8 Å². The van der Waals surface area contributed by atoms with E-state index in [1.54, 1.807) is 6.26 Å². The van der Waals surface area contributed by atoms with Crippen LogP contribution in [0.2, 0.25) is 0 Å². The van der Waals surface area contributed by atoms with Crippen molar-refractivity contribution in [3.63, 3.8) is 0 Å². The SMILES string of the molecule is CCN(CC)c1onc(-c2ccccc2)c1CN(Cc1ccco1)CC(O)COc1ccccc1. The normalized spacial score (nSPS) is 12.1. The monoisotopic (exact) mass is 475 g/mol. The molecule has 0 aliphatic rings. The molecular formula is C28H33N3O4. The van der Waals surface area contributed by atoms with Gasteiger partial charge in [-0.25, -0.2) is 0 Å². The van der Waals surface area contributed by atoms with Crippen LogP contribution >= 0.6 is 0 Å². The van der Waals surface area contributed by atoms with Crippen LogP contribution in [0.4, 0.5) is 5.88 Å². The number of ether oxygens (including phenoxy) is 1. The number of aliphatic hydroxyl groups excluding tert-OH is 1. The van der Waals surface area contributed by atoms with Crippen molar-refractivity contribution in [3.8, 4) is 17.0 Å². The summed E-state index contributed by atoms with van der Waals surface area (Å²) in [5.74, 6) is 2.31. The fourth-order valence-electron chi connectivity index (χ4n) is 4.12. The maximum absolute atomic E-state index is 10.8. The van der Waals surface area contributed by atoms with Crippen molar-refractivity contribution in [2.24, 2.45) is 0 Å². The van der Waals surface area contributed by atoms with E-state index in [4.69, 9.17) is 13.7 Å². The zero-order chi connectivity index (χ0) is 24.5. The van der Waals surface area contributed by atoms with Crippen LogP contribution in [0, 0.1) is 0 Å². The van der Waals surface area contributed by atoms with Gasteiger partial charge in [0.25, 0.3) is 0 Å². The van der Waals surface area contributed by atoms with Gasteiger partial charge in [0.1, 0.15) is 29.9 Å². The van der Waals surface area contributed by atoms with Gasteiger partial charge >= 0.3 is 0 Å². The third-order valence-electron chi connectivity index (χ3n) is 5.86. The first kappa shape index (κ1) is 24.6. The molecule has 0 aliphatic carbocycles. The van der Waals surface area contributed by atoms with Crippen LogP contribution in [0.1, 0.15) is 25.2 Å². The molecule has 0 fully saturated rings. The molecule has 4 aromatic rings. The van der Waals surface area contributed by atoms with Crippen molar-refractivity contribution in [3.05, 3.63) is 90.4 Å². The molecule has 0 bridgehead atoms. The number of anilines is 1. The molecule has 0 amide bonds. The summed E-state index contributed by atoms with van der Waals surface area (Å²) in [6.07, 6.45) is 0.973. The summed E-state index contributed by atoms with van der Waals surface area (Å²) in [7, 11) is 0. The average molecular weight is 476 g/mol. The maximum atomic E-state index is 10.8. The Balaban J connectivity index is 1.58. The van der Waals surface area contributed by atoms with Gasteiger partial charge in [0.05, 0.1) is 18.4 Å². The number of rotatable bonds is 13. The van der Waals surface area contributed by atoms with Gasteiger partial charge in [-0.3, -0.25) is 4.90 Å². The fourth-order valence-corrected chi connectivity index (χ4v) is 4.12.